The molecule has 1 amide bonds. The summed E-state index contributed by atoms with van der Waals surface area (Å²) in [5.74, 6) is 1.43. The molecule has 0 saturated carbocycles. The van der Waals surface area contributed by atoms with E-state index in [4.69, 9.17) is 9.15 Å². The first-order chi connectivity index (χ1) is 14.1. The van der Waals surface area contributed by atoms with Crippen molar-refractivity contribution in [2.75, 3.05) is 13.2 Å². The third kappa shape index (κ3) is 4.38. The SMILES string of the molecule is Cc1occc1-c1nnc(S[C@@H](C)C(=O)NC[C@H]2CCCO2)n1-c1ccccc1. The Morgan fingerprint density at radius 3 is 2.83 bits per heavy atom. The molecule has 3 aromatic rings. The first-order valence-electron chi connectivity index (χ1n) is 9.74. The highest BCUT2D eigenvalue weighted by atomic mass is 32.2. The van der Waals surface area contributed by atoms with E-state index in [9.17, 15) is 4.79 Å². The minimum absolute atomic E-state index is 0.0332. The van der Waals surface area contributed by atoms with Crippen molar-refractivity contribution in [3.05, 3.63) is 48.4 Å². The van der Waals surface area contributed by atoms with E-state index >= 15 is 0 Å². The van der Waals surface area contributed by atoms with Gasteiger partial charge >= 0.3 is 0 Å². The van der Waals surface area contributed by atoms with Gasteiger partial charge in [-0.15, -0.1) is 10.2 Å². The lowest BCUT2D eigenvalue weighted by Gasteiger charge is -2.15. The molecule has 1 aliphatic rings. The highest BCUT2D eigenvalue weighted by Gasteiger charge is 2.24. The van der Waals surface area contributed by atoms with Crippen molar-refractivity contribution < 1.29 is 13.9 Å². The van der Waals surface area contributed by atoms with Crippen molar-refractivity contribution in [2.24, 2.45) is 0 Å². The van der Waals surface area contributed by atoms with Gasteiger partial charge in [-0.25, -0.2) is 0 Å². The first kappa shape index (κ1) is 19.7. The van der Waals surface area contributed by atoms with Gasteiger partial charge in [-0.1, -0.05) is 30.0 Å². The molecule has 7 nitrogen and oxygen atoms in total. The zero-order valence-electron chi connectivity index (χ0n) is 16.5. The van der Waals surface area contributed by atoms with Gasteiger partial charge in [0.05, 0.1) is 23.2 Å². The van der Waals surface area contributed by atoms with E-state index in [0.717, 1.165) is 36.5 Å². The highest BCUT2D eigenvalue weighted by Crippen LogP contribution is 2.31. The van der Waals surface area contributed by atoms with E-state index in [1.165, 1.54) is 11.8 Å². The minimum atomic E-state index is -0.318. The molecule has 0 unspecified atom stereocenters. The van der Waals surface area contributed by atoms with Crippen LogP contribution in [0.4, 0.5) is 0 Å². The van der Waals surface area contributed by atoms with Gasteiger partial charge in [0.15, 0.2) is 11.0 Å². The number of nitrogens with zero attached hydrogens (tertiary/aromatic N) is 3. The third-order valence-corrected chi connectivity index (χ3v) is 5.97. The van der Waals surface area contributed by atoms with Crippen molar-refractivity contribution >= 4 is 17.7 Å². The monoisotopic (exact) mass is 412 g/mol. The molecule has 1 N–H and O–H groups in total. The molecule has 2 aromatic heterocycles. The summed E-state index contributed by atoms with van der Waals surface area (Å²) in [5, 5.41) is 12.1. The van der Waals surface area contributed by atoms with Crippen LogP contribution in [0.2, 0.25) is 0 Å². The van der Waals surface area contributed by atoms with Gasteiger partial charge in [-0.05, 0) is 44.9 Å². The van der Waals surface area contributed by atoms with Crippen LogP contribution in [-0.2, 0) is 9.53 Å². The molecule has 0 radical (unpaired) electrons. The Balaban J connectivity index is 1.56. The second kappa shape index (κ2) is 8.84. The predicted octanol–water partition coefficient (Wildman–Crippen LogP) is 3.61. The van der Waals surface area contributed by atoms with Crippen LogP contribution in [0.25, 0.3) is 17.1 Å². The number of carbonyl (C=O) groups is 1. The van der Waals surface area contributed by atoms with Crippen LogP contribution in [0, 0.1) is 6.92 Å². The van der Waals surface area contributed by atoms with Crippen LogP contribution in [0.1, 0.15) is 25.5 Å². The molecule has 0 spiro atoms. The molecule has 2 atom stereocenters. The number of carbonyl (C=O) groups excluding carboxylic acids is 1. The van der Waals surface area contributed by atoms with Crippen molar-refractivity contribution in [3.63, 3.8) is 0 Å². The Labute approximate surface area is 173 Å². The van der Waals surface area contributed by atoms with Gasteiger partial charge in [-0.3, -0.25) is 9.36 Å². The van der Waals surface area contributed by atoms with Crippen molar-refractivity contribution in [2.45, 2.75) is 43.2 Å². The van der Waals surface area contributed by atoms with E-state index in [-0.39, 0.29) is 17.3 Å². The van der Waals surface area contributed by atoms with E-state index in [2.05, 4.69) is 15.5 Å². The van der Waals surface area contributed by atoms with Crippen LogP contribution < -0.4 is 5.32 Å². The van der Waals surface area contributed by atoms with Crippen LogP contribution in [-0.4, -0.2) is 45.2 Å². The Kier molecular flexibility index (Phi) is 6.01. The zero-order valence-corrected chi connectivity index (χ0v) is 17.3. The summed E-state index contributed by atoms with van der Waals surface area (Å²) >= 11 is 1.39. The Hall–Kier alpha value is -2.58. The van der Waals surface area contributed by atoms with Crippen molar-refractivity contribution in [3.8, 4) is 17.1 Å². The summed E-state index contributed by atoms with van der Waals surface area (Å²) in [5.41, 5.74) is 1.81. The quantitative estimate of drug-likeness (QED) is 0.597. The molecule has 0 bridgehead atoms. The average Bonchev–Trinajstić information content (AvgIpc) is 3.48. The fraction of sp³-hybridized carbons (Fsp3) is 0.381. The maximum absolute atomic E-state index is 12.6. The number of benzene rings is 1. The lowest BCUT2D eigenvalue weighted by Crippen LogP contribution is -2.36. The van der Waals surface area contributed by atoms with E-state index in [0.29, 0.717) is 17.5 Å². The summed E-state index contributed by atoms with van der Waals surface area (Å²) < 4.78 is 13.0. The van der Waals surface area contributed by atoms with Gasteiger partial charge in [-0.2, -0.15) is 0 Å². The van der Waals surface area contributed by atoms with Gasteiger partial charge in [0.25, 0.3) is 0 Å². The molecule has 1 aromatic carbocycles. The standard InChI is InChI=1S/C21H24N4O3S/c1-14-18(10-12-27-14)19-23-24-21(25(19)16-7-4-3-5-8-16)29-15(2)20(26)22-13-17-9-6-11-28-17/h3-5,7-8,10,12,15,17H,6,9,11,13H2,1-2H3,(H,22,26)/t15-,17+/m0/s1. The highest BCUT2D eigenvalue weighted by molar-refractivity contribution is 8.00. The number of para-hydroxylation sites is 1. The molecule has 1 saturated heterocycles. The summed E-state index contributed by atoms with van der Waals surface area (Å²) in [6.45, 7) is 5.10. The third-order valence-electron chi connectivity index (χ3n) is 4.93. The van der Waals surface area contributed by atoms with Crippen LogP contribution in [0.15, 0.2) is 52.2 Å². The maximum atomic E-state index is 12.6. The maximum Gasteiger partial charge on any atom is 0.233 e. The zero-order chi connectivity index (χ0) is 20.2. The van der Waals surface area contributed by atoms with Gasteiger partial charge in [0.1, 0.15) is 5.76 Å². The number of rotatable bonds is 7. The fourth-order valence-electron chi connectivity index (χ4n) is 3.32. The number of nitrogens with one attached hydrogen (secondary N) is 1. The number of hydrogen-bond donors (Lipinski definition) is 1. The topological polar surface area (TPSA) is 82.2 Å². The van der Waals surface area contributed by atoms with Gasteiger partial charge in [0, 0.05) is 18.8 Å². The van der Waals surface area contributed by atoms with E-state index in [1.54, 1.807) is 6.26 Å². The predicted molar refractivity (Wildman–Crippen MR) is 111 cm³/mol. The molecule has 152 valence electrons. The average molecular weight is 413 g/mol. The summed E-state index contributed by atoms with van der Waals surface area (Å²) in [6, 6.07) is 11.8. The number of amides is 1. The number of aromatic nitrogens is 3. The second-order valence-electron chi connectivity index (χ2n) is 7.01. The molecule has 8 heteroatoms. The summed E-state index contributed by atoms with van der Waals surface area (Å²) in [7, 11) is 0. The van der Waals surface area contributed by atoms with E-state index in [1.807, 2.05) is 54.8 Å². The Morgan fingerprint density at radius 2 is 2.14 bits per heavy atom. The molecule has 1 aliphatic heterocycles. The van der Waals surface area contributed by atoms with Crippen molar-refractivity contribution in [1.29, 1.82) is 0 Å². The van der Waals surface area contributed by atoms with E-state index < -0.39 is 0 Å². The molecular weight excluding hydrogens is 388 g/mol. The molecular formula is C21H24N4O3S. The summed E-state index contributed by atoms with van der Waals surface area (Å²) in [6.07, 6.45) is 3.82. The number of furan rings is 1. The van der Waals surface area contributed by atoms with Crippen LogP contribution in [0.5, 0.6) is 0 Å². The molecule has 4 rings (SSSR count). The molecule has 0 aliphatic carbocycles. The molecule has 1 fully saturated rings. The number of aryl methyl sites for hydroxylation is 1. The van der Waals surface area contributed by atoms with Crippen molar-refractivity contribution in [1.82, 2.24) is 20.1 Å². The lowest BCUT2D eigenvalue weighted by atomic mass is 10.2. The molecule has 3 heterocycles. The Bertz CT molecular complexity index is 963. The van der Waals surface area contributed by atoms with Crippen LogP contribution >= 0.6 is 11.8 Å². The first-order valence-corrected chi connectivity index (χ1v) is 10.6. The summed E-state index contributed by atoms with van der Waals surface area (Å²) in [4.78, 5) is 12.6. The Morgan fingerprint density at radius 1 is 1.31 bits per heavy atom. The number of thioether (sulfide) groups is 1. The van der Waals surface area contributed by atoms with Gasteiger partial charge < -0.3 is 14.5 Å². The minimum Gasteiger partial charge on any atom is -0.469 e. The van der Waals surface area contributed by atoms with Gasteiger partial charge in [0.2, 0.25) is 5.91 Å². The molecule has 29 heavy (non-hydrogen) atoms. The largest absolute Gasteiger partial charge is 0.469 e. The van der Waals surface area contributed by atoms with Crippen LogP contribution in [0.3, 0.4) is 0 Å². The second-order valence-corrected chi connectivity index (χ2v) is 8.32. The smallest absolute Gasteiger partial charge is 0.233 e. The normalized spacial score (nSPS) is 17.4. The fourth-order valence-corrected chi connectivity index (χ4v) is 4.21. The number of hydrogen-bond acceptors (Lipinski definition) is 6. The number of ether oxygens (including phenoxy) is 1. The lowest BCUT2D eigenvalue weighted by molar-refractivity contribution is -0.120.